The summed E-state index contributed by atoms with van der Waals surface area (Å²) in [5, 5.41) is 0. The van der Waals surface area contributed by atoms with Gasteiger partial charge in [-0.25, -0.2) is 0 Å². The molecule has 0 spiro atoms. The normalized spacial score (nSPS) is 15.1. The molecule has 2 atom stereocenters. The van der Waals surface area contributed by atoms with Crippen LogP contribution in [0.2, 0.25) is 0 Å². The first-order valence-corrected chi connectivity index (χ1v) is 6.07. The van der Waals surface area contributed by atoms with E-state index in [1.54, 1.807) is 0 Å². The second-order valence-electron chi connectivity index (χ2n) is 3.07. The number of hydrogen-bond acceptors (Lipinski definition) is 1. The van der Waals surface area contributed by atoms with Crippen LogP contribution in [-0.4, -0.2) is 17.3 Å². The van der Waals surface area contributed by atoms with Crippen LogP contribution in [0.25, 0.3) is 0 Å². The molecule has 0 aliphatic carbocycles. The summed E-state index contributed by atoms with van der Waals surface area (Å²) in [7, 11) is 0. The summed E-state index contributed by atoms with van der Waals surface area (Å²) in [6.07, 6.45) is 0.0787. The quantitative estimate of drug-likeness (QED) is 0.745. The van der Waals surface area contributed by atoms with E-state index in [1.807, 2.05) is 18.2 Å². The van der Waals surface area contributed by atoms with Crippen molar-refractivity contribution in [3.05, 3.63) is 35.9 Å². The molecule has 0 fully saturated rings. The molecule has 1 aromatic carbocycles. The monoisotopic (exact) mass is 276 g/mol. The van der Waals surface area contributed by atoms with Crippen molar-refractivity contribution >= 4 is 27.5 Å². The minimum absolute atomic E-state index is 0.0787. The minimum Gasteiger partial charge on any atom is -0.371 e. The van der Waals surface area contributed by atoms with Crippen LogP contribution in [0, 0.1) is 0 Å². The van der Waals surface area contributed by atoms with Gasteiger partial charge in [0.25, 0.3) is 0 Å². The average molecular weight is 278 g/mol. The SMILES string of the molecule is CC(Br)C(OCCCl)c1ccccc1. The van der Waals surface area contributed by atoms with Crippen LogP contribution >= 0.6 is 27.5 Å². The Labute approximate surface area is 98.5 Å². The molecule has 0 N–H and O–H groups in total. The van der Waals surface area contributed by atoms with Crippen molar-refractivity contribution in [2.45, 2.75) is 17.9 Å². The van der Waals surface area contributed by atoms with Crippen LogP contribution in [0.3, 0.4) is 0 Å². The summed E-state index contributed by atoms with van der Waals surface area (Å²) >= 11 is 9.14. The third-order valence-corrected chi connectivity index (χ3v) is 2.55. The number of benzene rings is 1. The van der Waals surface area contributed by atoms with Crippen molar-refractivity contribution < 1.29 is 4.74 Å². The first-order chi connectivity index (χ1) is 6.75. The fourth-order valence-corrected chi connectivity index (χ4v) is 1.86. The van der Waals surface area contributed by atoms with Gasteiger partial charge in [-0.1, -0.05) is 46.3 Å². The molecule has 2 unspecified atom stereocenters. The molecule has 1 nitrogen and oxygen atoms in total. The Morgan fingerprint density at radius 3 is 2.50 bits per heavy atom. The lowest BCUT2D eigenvalue weighted by Gasteiger charge is -2.20. The van der Waals surface area contributed by atoms with E-state index in [9.17, 15) is 0 Å². The standard InChI is InChI=1S/C11H14BrClO/c1-9(12)11(14-8-7-13)10-5-3-2-4-6-10/h2-6,9,11H,7-8H2,1H3. The molecule has 0 amide bonds. The van der Waals surface area contributed by atoms with Gasteiger partial charge in [0.2, 0.25) is 0 Å². The fourth-order valence-electron chi connectivity index (χ4n) is 1.31. The summed E-state index contributed by atoms with van der Waals surface area (Å²) in [6, 6.07) is 10.2. The van der Waals surface area contributed by atoms with E-state index < -0.39 is 0 Å². The van der Waals surface area contributed by atoms with E-state index in [0.717, 1.165) is 0 Å². The van der Waals surface area contributed by atoms with Gasteiger partial charge in [0.05, 0.1) is 12.7 Å². The molecule has 14 heavy (non-hydrogen) atoms. The number of rotatable bonds is 5. The Bertz CT molecular complexity index is 251. The van der Waals surface area contributed by atoms with Crippen LogP contribution in [0.15, 0.2) is 30.3 Å². The molecule has 0 radical (unpaired) electrons. The van der Waals surface area contributed by atoms with Crippen molar-refractivity contribution in [3.8, 4) is 0 Å². The summed E-state index contributed by atoms with van der Waals surface area (Å²) in [5.41, 5.74) is 1.18. The maximum absolute atomic E-state index is 5.66. The van der Waals surface area contributed by atoms with Gasteiger partial charge in [-0.05, 0) is 12.5 Å². The van der Waals surface area contributed by atoms with Crippen molar-refractivity contribution in [1.82, 2.24) is 0 Å². The molecular formula is C11H14BrClO. The Kier molecular flexibility index (Phi) is 5.53. The van der Waals surface area contributed by atoms with Crippen LogP contribution in [0.1, 0.15) is 18.6 Å². The van der Waals surface area contributed by atoms with Gasteiger partial charge in [0.15, 0.2) is 0 Å². The first-order valence-electron chi connectivity index (χ1n) is 4.62. The zero-order valence-corrected chi connectivity index (χ0v) is 10.5. The van der Waals surface area contributed by atoms with Crippen LogP contribution in [0.4, 0.5) is 0 Å². The topological polar surface area (TPSA) is 9.23 Å². The van der Waals surface area contributed by atoms with Crippen molar-refractivity contribution in [2.75, 3.05) is 12.5 Å². The molecule has 0 heterocycles. The van der Waals surface area contributed by atoms with Crippen LogP contribution < -0.4 is 0 Å². The Balaban J connectivity index is 2.68. The summed E-state index contributed by atoms with van der Waals surface area (Å²) in [4.78, 5) is 0.285. The van der Waals surface area contributed by atoms with Gasteiger partial charge < -0.3 is 4.74 Å². The van der Waals surface area contributed by atoms with E-state index >= 15 is 0 Å². The highest BCUT2D eigenvalue weighted by atomic mass is 79.9. The number of halogens is 2. The predicted octanol–water partition coefficient (Wildman–Crippen LogP) is 3.77. The lowest BCUT2D eigenvalue weighted by molar-refractivity contribution is 0.0665. The minimum atomic E-state index is 0.0787. The molecule has 0 saturated carbocycles. The van der Waals surface area contributed by atoms with E-state index in [1.165, 1.54) is 5.56 Å². The van der Waals surface area contributed by atoms with Gasteiger partial charge in [-0.2, -0.15) is 0 Å². The van der Waals surface area contributed by atoms with E-state index in [2.05, 4.69) is 35.0 Å². The molecule has 0 aliphatic rings. The second kappa shape index (κ2) is 6.44. The molecule has 1 rings (SSSR count). The predicted molar refractivity (Wildman–Crippen MR) is 64.2 cm³/mol. The maximum atomic E-state index is 5.66. The molecule has 78 valence electrons. The Morgan fingerprint density at radius 1 is 1.36 bits per heavy atom. The molecule has 1 aromatic rings. The van der Waals surface area contributed by atoms with Gasteiger partial charge in [-0.15, -0.1) is 11.6 Å². The highest BCUT2D eigenvalue weighted by Crippen LogP contribution is 2.25. The lowest BCUT2D eigenvalue weighted by Crippen LogP contribution is -2.14. The lowest BCUT2D eigenvalue weighted by atomic mass is 10.1. The van der Waals surface area contributed by atoms with E-state index in [-0.39, 0.29) is 10.9 Å². The van der Waals surface area contributed by atoms with Crippen molar-refractivity contribution in [2.24, 2.45) is 0 Å². The van der Waals surface area contributed by atoms with Crippen molar-refractivity contribution in [1.29, 1.82) is 0 Å². The van der Waals surface area contributed by atoms with E-state index in [0.29, 0.717) is 12.5 Å². The van der Waals surface area contributed by atoms with Gasteiger partial charge in [0, 0.05) is 10.7 Å². The van der Waals surface area contributed by atoms with Crippen LogP contribution in [0.5, 0.6) is 0 Å². The highest BCUT2D eigenvalue weighted by molar-refractivity contribution is 9.09. The third-order valence-electron chi connectivity index (χ3n) is 1.92. The maximum Gasteiger partial charge on any atom is 0.0947 e. The number of hydrogen-bond donors (Lipinski definition) is 0. The van der Waals surface area contributed by atoms with Crippen molar-refractivity contribution in [3.63, 3.8) is 0 Å². The zero-order valence-electron chi connectivity index (χ0n) is 8.12. The molecule has 3 heteroatoms. The van der Waals surface area contributed by atoms with Gasteiger partial charge in [0.1, 0.15) is 0 Å². The summed E-state index contributed by atoms with van der Waals surface area (Å²) in [6.45, 7) is 2.66. The van der Waals surface area contributed by atoms with Gasteiger partial charge >= 0.3 is 0 Å². The first kappa shape index (κ1) is 12.0. The molecule has 0 saturated heterocycles. The van der Waals surface area contributed by atoms with Crippen LogP contribution in [-0.2, 0) is 4.74 Å². The zero-order chi connectivity index (χ0) is 10.4. The summed E-state index contributed by atoms with van der Waals surface area (Å²) < 4.78 is 5.66. The smallest absolute Gasteiger partial charge is 0.0947 e. The Morgan fingerprint density at radius 2 is 2.00 bits per heavy atom. The third kappa shape index (κ3) is 3.60. The average Bonchev–Trinajstić information content (AvgIpc) is 2.19. The fraction of sp³-hybridized carbons (Fsp3) is 0.455. The number of alkyl halides is 2. The highest BCUT2D eigenvalue weighted by Gasteiger charge is 2.16. The molecular weight excluding hydrogens is 263 g/mol. The largest absolute Gasteiger partial charge is 0.371 e. The Hall–Kier alpha value is -0.0500. The molecule has 0 aromatic heterocycles. The summed E-state index contributed by atoms with van der Waals surface area (Å²) in [5.74, 6) is 0.531. The number of ether oxygens (including phenoxy) is 1. The van der Waals surface area contributed by atoms with Gasteiger partial charge in [-0.3, -0.25) is 0 Å². The molecule has 0 aliphatic heterocycles. The molecule has 0 bridgehead atoms. The van der Waals surface area contributed by atoms with E-state index in [4.69, 9.17) is 16.3 Å². The second-order valence-corrected chi connectivity index (χ2v) is 4.89.